The number of fused-ring (bicyclic) bond motifs is 1. The predicted molar refractivity (Wildman–Crippen MR) is 221 cm³/mol. The number of carboxylic acids is 1. The number of nitrogens with zero attached hydrogens (tertiary/aromatic N) is 6. The van der Waals surface area contributed by atoms with Gasteiger partial charge in [-0.05, 0) is 75.4 Å². The predicted octanol–water partition coefficient (Wildman–Crippen LogP) is 5.31. The number of halogens is 1. The fourth-order valence-corrected chi connectivity index (χ4v) is 7.36. The Balaban J connectivity index is 1.07. The molecule has 2 aliphatic rings. The van der Waals surface area contributed by atoms with E-state index in [-0.39, 0.29) is 68.4 Å². The Morgan fingerprint density at radius 2 is 1.64 bits per heavy atom. The molecule has 6 rings (SSSR count). The van der Waals surface area contributed by atoms with Gasteiger partial charge < -0.3 is 38.4 Å². The Morgan fingerprint density at radius 1 is 0.898 bits per heavy atom. The number of piperidine rings is 1. The summed E-state index contributed by atoms with van der Waals surface area (Å²) in [6.45, 7) is 8.68. The van der Waals surface area contributed by atoms with E-state index < -0.39 is 11.8 Å². The van der Waals surface area contributed by atoms with Gasteiger partial charge in [0.05, 0.1) is 76.4 Å². The Morgan fingerprint density at radius 3 is 2.34 bits per heavy atom. The van der Waals surface area contributed by atoms with E-state index in [1.165, 1.54) is 11.0 Å². The lowest BCUT2D eigenvalue weighted by Crippen LogP contribution is -2.48. The third-order valence-corrected chi connectivity index (χ3v) is 10.8. The SMILES string of the molecule is Cc1ccc(N2CCC[C@H](N(Cc3ccnc(C)c3)Cc3cn(C4CC4)c4cc(OCCN(C)C(=O)CCOCCOCCOCCC(=O)O)c(F)cc4c3=O)C2)cn1. The van der Waals surface area contributed by atoms with Crippen LogP contribution in [0.5, 0.6) is 5.75 Å². The molecular weight excluding hydrogens is 760 g/mol. The van der Waals surface area contributed by atoms with E-state index in [2.05, 4.69) is 36.5 Å². The monoisotopic (exact) mass is 816 g/mol. The van der Waals surface area contributed by atoms with Crippen molar-refractivity contribution in [1.82, 2.24) is 24.3 Å². The Labute approximate surface area is 344 Å². The second kappa shape index (κ2) is 21.3. The molecule has 1 N–H and O–H groups in total. The van der Waals surface area contributed by atoms with Crippen molar-refractivity contribution >= 4 is 28.5 Å². The van der Waals surface area contributed by atoms with Crippen molar-refractivity contribution in [2.24, 2.45) is 0 Å². The van der Waals surface area contributed by atoms with Gasteiger partial charge in [-0.1, -0.05) is 0 Å². The van der Waals surface area contributed by atoms with Gasteiger partial charge in [0.25, 0.3) is 0 Å². The molecule has 1 aliphatic heterocycles. The lowest BCUT2D eigenvalue weighted by atomic mass is 10.0. The highest BCUT2D eigenvalue weighted by molar-refractivity contribution is 5.82. The molecule has 1 aromatic carbocycles. The van der Waals surface area contributed by atoms with E-state index in [0.29, 0.717) is 56.0 Å². The van der Waals surface area contributed by atoms with Crippen LogP contribution in [-0.2, 0) is 36.9 Å². The number of carbonyl (C=O) groups excluding carboxylic acids is 1. The van der Waals surface area contributed by atoms with Gasteiger partial charge in [-0.3, -0.25) is 29.3 Å². The number of hydrogen-bond donors (Lipinski definition) is 1. The second-order valence-corrected chi connectivity index (χ2v) is 15.4. The van der Waals surface area contributed by atoms with Gasteiger partial charge in [0, 0.05) is 86.1 Å². The molecule has 3 aromatic heterocycles. The number of carbonyl (C=O) groups is 2. The molecule has 2 fully saturated rings. The van der Waals surface area contributed by atoms with Crippen LogP contribution in [0, 0.1) is 19.7 Å². The Kier molecular flexibility index (Phi) is 15.8. The standard InChI is InChI=1S/C44H57FN6O8/c1-31-6-7-36(26-47-31)49-14-4-5-37(30-49)50(27-33-10-13-46-32(2)23-33)28-34-29-51(35-8-9-35)40-25-41(39(45)24-38(40)44(34)55)59-18-15-48(3)42(52)11-16-56-19-21-58-22-20-57-17-12-43(53)54/h6-7,10,13,23-26,29,35,37H,4-5,8-9,11-12,14-22,27-28,30H2,1-3H3,(H,53,54)/t37-/m0/s1. The van der Waals surface area contributed by atoms with Crippen molar-refractivity contribution in [2.45, 2.75) is 77.5 Å². The molecule has 59 heavy (non-hydrogen) atoms. The van der Waals surface area contributed by atoms with Gasteiger partial charge in [0.2, 0.25) is 5.91 Å². The third kappa shape index (κ3) is 12.8. The fraction of sp³-hybridized carbons (Fsp3) is 0.523. The molecule has 15 heteroatoms. The summed E-state index contributed by atoms with van der Waals surface area (Å²) in [4.78, 5) is 52.6. The maximum absolute atomic E-state index is 15.7. The lowest BCUT2D eigenvalue weighted by Gasteiger charge is -2.40. The van der Waals surface area contributed by atoms with Crippen molar-refractivity contribution < 1.29 is 38.0 Å². The molecule has 1 amide bonds. The normalized spacial score (nSPS) is 15.5. The number of aryl methyl sites for hydroxylation is 2. The van der Waals surface area contributed by atoms with E-state index in [9.17, 15) is 14.4 Å². The lowest BCUT2D eigenvalue weighted by molar-refractivity contribution is -0.138. The van der Waals surface area contributed by atoms with Gasteiger partial charge in [-0.15, -0.1) is 0 Å². The molecule has 0 unspecified atom stereocenters. The summed E-state index contributed by atoms with van der Waals surface area (Å²) in [5, 5.41) is 8.93. The molecule has 318 valence electrons. The molecular formula is C44H57FN6O8. The first-order valence-electron chi connectivity index (χ1n) is 20.6. The van der Waals surface area contributed by atoms with Crippen LogP contribution in [0.3, 0.4) is 0 Å². The van der Waals surface area contributed by atoms with Crippen molar-refractivity contribution in [3.63, 3.8) is 0 Å². The summed E-state index contributed by atoms with van der Waals surface area (Å²) in [6.07, 6.45) is 9.79. The fourth-order valence-electron chi connectivity index (χ4n) is 7.36. The average molecular weight is 817 g/mol. The molecule has 0 radical (unpaired) electrons. The number of ether oxygens (including phenoxy) is 4. The van der Waals surface area contributed by atoms with Gasteiger partial charge in [0.1, 0.15) is 6.61 Å². The van der Waals surface area contributed by atoms with E-state index in [0.717, 1.165) is 61.4 Å². The number of benzene rings is 1. The summed E-state index contributed by atoms with van der Waals surface area (Å²) < 4.78 is 39.8. The maximum atomic E-state index is 15.7. The summed E-state index contributed by atoms with van der Waals surface area (Å²) in [5.74, 6) is -1.63. The number of amides is 1. The first-order chi connectivity index (χ1) is 28.5. The van der Waals surface area contributed by atoms with Crippen LogP contribution in [-0.4, -0.2) is 120 Å². The quantitative estimate of drug-likeness (QED) is 0.0969. The first-order valence-corrected chi connectivity index (χ1v) is 20.6. The minimum atomic E-state index is -0.910. The number of pyridine rings is 3. The Hall–Kier alpha value is -4.96. The molecule has 14 nitrogen and oxygen atoms in total. The van der Waals surface area contributed by atoms with E-state index >= 15 is 4.39 Å². The number of anilines is 1. The highest BCUT2D eigenvalue weighted by Gasteiger charge is 2.30. The van der Waals surface area contributed by atoms with Crippen LogP contribution in [0.1, 0.15) is 67.1 Å². The summed E-state index contributed by atoms with van der Waals surface area (Å²) in [6, 6.07) is 11.6. The minimum absolute atomic E-state index is 0.0399. The van der Waals surface area contributed by atoms with Crippen LogP contribution in [0.4, 0.5) is 10.1 Å². The highest BCUT2D eigenvalue weighted by Crippen LogP contribution is 2.38. The smallest absolute Gasteiger partial charge is 0.305 e. The van der Waals surface area contributed by atoms with Gasteiger partial charge >= 0.3 is 5.97 Å². The van der Waals surface area contributed by atoms with Crippen molar-refractivity contribution in [1.29, 1.82) is 0 Å². The Bertz CT molecular complexity index is 2080. The zero-order valence-electron chi connectivity index (χ0n) is 34.4. The number of hydrogen-bond acceptors (Lipinski definition) is 11. The van der Waals surface area contributed by atoms with E-state index in [1.807, 2.05) is 44.6 Å². The second-order valence-electron chi connectivity index (χ2n) is 15.4. The molecule has 0 bridgehead atoms. The van der Waals surface area contributed by atoms with E-state index in [1.54, 1.807) is 13.1 Å². The minimum Gasteiger partial charge on any atom is -0.489 e. The number of aromatic nitrogens is 3. The van der Waals surface area contributed by atoms with Crippen molar-refractivity contribution in [3.8, 4) is 5.75 Å². The molecule has 4 heterocycles. The zero-order chi connectivity index (χ0) is 41.7. The molecule has 1 atom stereocenters. The number of carboxylic acid groups (broad SMARTS) is 1. The largest absolute Gasteiger partial charge is 0.489 e. The van der Waals surface area contributed by atoms with Crippen molar-refractivity contribution in [3.05, 3.63) is 93.5 Å². The average Bonchev–Trinajstić information content (AvgIpc) is 4.07. The highest BCUT2D eigenvalue weighted by atomic mass is 19.1. The van der Waals surface area contributed by atoms with Crippen LogP contribution < -0.4 is 15.1 Å². The topological polar surface area (TPSA) is 149 Å². The van der Waals surface area contributed by atoms with E-state index in [4.69, 9.17) is 24.1 Å². The van der Waals surface area contributed by atoms with Gasteiger partial charge in [-0.25, -0.2) is 4.39 Å². The maximum Gasteiger partial charge on any atom is 0.305 e. The number of likely N-dealkylation sites (N-methyl/N-ethyl adjacent to an activating group) is 1. The first kappa shape index (κ1) is 43.6. The summed E-state index contributed by atoms with van der Waals surface area (Å²) in [5.41, 5.74) is 5.22. The summed E-state index contributed by atoms with van der Waals surface area (Å²) >= 11 is 0. The van der Waals surface area contributed by atoms with Crippen LogP contribution in [0.2, 0.25) is 0 Å². The summed E-state index contributed by atoms with van der Waals surface area (Å²) in [7, 11) is 1.66. The zero-order valence-corrected chi connectivity index (χ0v) is 34.4. The molecule has 1 saturated carbocycles. The van der Waals surface area contributed by atoms with Gasteiger partial charge in [-0.2, -0.15) is 0 Å². The third-order valence-electron chi connectivity index (χ3n) is 10.8. The van der Waals surface area contributed by atoms with Crippen LogP contribution >= 0.6 is 0 Å². The molecule has 0 spiro atoms. The number of rotatable bonds is 23. The van der Waals surface area contributed by atoms with Crippen LogP contribution in [0.15, 0.2) is 59.8 Å². The molecule has 1 saturated heterocycles. The number of aliphatic carboxylic acids is 1. The van der Waals surface area contributed by atoms with Crippen LogP contribution in [0.25, 0.3) is 10.9 Å². The van der Waals surface area contributed by atoms with Gasteiger partial charge in [0.15, 0.2) is 17.0 Å². The van der Waals surface area contributed by atoms with Crippen molar-refractivity contribution in [2.75, 3.05) is 77.8 Å². The molecule has 1 aliphatic carbocycles. The molecule has 4 aromatic rings.